The zero-order valence-electron chi connectivity index (χ0n) is 11.7. The van der Waals surface area contributed by atoms with Crippen molar-refractivity contribution >= 4 is 16.0 Å². The highest BCUT2D eigenvalue weighted by molar-refractivity contribution is 7.89. The highest BCUT2D eigenvalue weighted by Crippen LogP contribution is 2.14. The lowest BCUT2D eigenvalue weighted by atomic mass is 10.1. The Morgan fingerprint density at radius 1 is 1.24 bits per heavy atom. The van der Waals surface area contributed by atoms with E-state index in [9.17, 15) is 13.2 Å². The van der Waals surface area contributed by atoms with Crippen LogP contribution in [0.1, 0.15) is 24.8 Å². The Morgan fingerprint density at radius 3 is 2.43 bits per heavy atom. The van der Waals surface area contributed by atoms with Gasteiger partial charge in [0, 0.05) is 19.3 Å². The lowest BCUT2D eigenvalue weighted by Crippen LogP contribution is -2.26. The number of hydrogen-bond donors (Lipinski definition) is 1. The number of sulfonamides is 1. The van der Waals surface area contributed by atoms with Gasteiger partial charge in [-0.15, -0.1) is 0 Å². The molecule has 2 rings (SSSR count). The van der Waals surface area contributed by atoms with E-state index in [1.807, 2.05) is 0 Å². The lowest BCUT2D eigenvalue weighted by Gasteiger charge is -2.22. The minimum absolute atomic E-state index is 0.0454. The summed E-state index contributed by atoms with van der Waals surface area (Å²) in [5, 5.41) is 5.02. The van der Waals surface area contributed by atoms with Crippen LogP contribution < -0.4 is 5.14 Å². The number of aryl methyl sites for hydroxylation is 1. The van der Waals surface area contributed by atoms with E-state index < -0.39 is 10.0 Å². The van der Waals surface area contributed by atoms with E-state index in [2.05, 4.69) is 0 Å². The summed E-state index contributed by atoms with van der Waals surface area (Å²) in [6, 6.07) is 6.19. The highest BCUT2D eigenvalue weighted by atomic mass is 32.2. The number of nitrogens with two attached hydrogens (primary N) is 1. The third kappa shape index (κ3) is 5.11. The Bertz CT molecular complexity index is 576. The minimum atomic E-state index is -3.67. The number of rotatable bonds is 5. The van der Waals surface area contributed by atoms with Crippen LogP contribution in [-0.4, -0.2) is 33.7 Å². The molecule has 0 bridgehead atoms. The molecule has 1 saturated heterocycles. The fourth-order valence-corrected chi connectivity index (χ4v) is 2.65. The lowest BCUT2D eigenvalue weighted by molar-refractivity contribution is -0.153. The van der Waals surface area contributed by atoms with E-state index in [-0.39, 0.29) is 23.4 Å². The van der Waals surface area contributed by atoms with Gasteiger partial charge in [0.05, 0.1) is 18.1 Å². The molecule has 0 aliphatic carbocycles. The molecule has 0 atom stereocenters. The van der Waals surface area contributed by atoms with Gasteiger partial charge in [0.1, 0.15) is 6.10 Å². The predicted molar refractivity (Wildman–Crippen MR) is 76.1 cm³/mol. The van der Waals surface area contributed by atoms with Gasteiger partial charge >= 0.3 is 5.97 Å². The first-order chi connectivity index (χ1) is 9.95. The van der Waals surface area contributed by atoms with Gasteiger partial charge in [-0.3, -0.25) is 4.79 Å². The zero-order chi connectivity index (χ0) is 15.3. The number of carbonyl (C=O) groups is 1. The van der Waals surface area contributed by atoms with Gasteiger partial charge in [-0.25, -0.2) is 13.6 Å². The van der Waals surface area contributed by atoms with Gasteiger partial charge in [0.25, 0.3) is 0 Å². The molecule has 1 aromatic carbocycles. The monoisotopic (exact) mass is 313 g/mol. The van der Waals surface area contributed by atoms with Gasteiger partial charge in [0.2, 0.25) is 10.0 Å². The van der Waals surface area contributed by atoms with Crippen LogP contribution in [-0.2, 0) is 30.7 Å². The Morgan fingerprint density at radius 2 is 1.86 bits per heavy atom. The quantitative estimate of drug-likeness (QED) is 0.818. The fraction of sp³-hybridized carbons (Fsp3) is 0.500. The molecule has 0 aromatic heterocycles. The molecule has 116 valence electrons. The van der Waals surface area contributed by atoms with Gasteiger partial charge in [-0.1, -0.05) is 12.1 Å². The maximum Gasteiger partial charge on any atom is 0.306 e. The molecule has 2 N–H and O–H groups in total. The summed E-state index contributed by atoms with van der Waals surface area (Å²) in [6.07, 6.45) is 2.22. The van der Waals surface area contributed by atoms with E-state index in [1.165, 1.54) is 12.1 Å². The summed E-state index contributed by atoms with van der Waals surface area (Å²) < 4.78 is 32.8. The summed E-state index contributed by atoms with van der Waals surface area (Å²) in [5.74, 6) is -0.238. The Balaban J connectivity index is 1.81. The molecule has 0 amide bonds. The van der Waals surface area contributed by atoms with Crippen molar-refractivity contribution in [3.05, 3.63) is 29.8 Å². The van der Waals surface area contributed by atoms with Crippen LogP contribution in [0.4, 0.5) is 0 Å². The number of primary sulfonamides is 1. The van der Waals surface area contributed by atoms with Gasteiger partial charge < -0.3 is 9.47 Å². The summed E-state index contributed by atoms with van der Waals surface area (Å²) in [5.41, 5.74) is 0.867. The summed E-state index contributed by atoms with van der Waals surface area (Å²) in [7, 11) is -3.67. The van der Waals surface area contributed by atoms with Crippen molar-refractivity contribution < 1.29 is 22.7 Å². The van der Waals surface area contributed by atoms with Crippen molar-refractivity contribution in [2.24, 2.45) is 5.14 Å². The van der Waals surface area contributed by atoms with Gasteiger partial charge in [0.15, 0.2) is 0 Å². The van der Waals surface area contributed by atoms with Crippen LogP contribution in [0.3, 0.4) is 0 Å². The first-order valence-corrected chi connectivity index (χ1v) is 8.39. The molecule has 0 saturated carbocycles. The Labute approximate surface area is 124 Å². The van der Waals surface area contributed by atoms with Crippen LogP contribution in [0.2, 0.25) is 0 Å². The molecule has 1 heterocycles. The van der Waals surface area contributed by atoms with Crippen LogP contribution in [0.5, 0.6) is 0 Å². The molecule has 21 heavy (non-hydrogen) atoms. The van der Waals surface area contributed by atoms with Crippen LogP contribution >= 0.6 is 0 Å². The summed E-state index contributed by atoms with van der Waals surface area (Å²) in [4.78, 5) is 11.8. The minimum Gasteiger partial charge on any atom is -0.462 e. The van der Waals surface area contributed by atoms with Crippen LogP contribution in [0.25, 0.3) is 0 Å². The molecule has 0 radical (unpaired) electrons. The maximum absolute atomic E-state index is 11.7. The normalized spacial score (nSPS) is 16.6. The van der Waals surface area contributed by atoms with Crippen molar-refractivity contribution in [2.45, 2.75) is 36.7 Å². The van der Waals surface area contributed by atoms with Gasteiger partial charge in [-0.05, 0) is 24.1 Å². The average Bonchev–Trinajstić information content (AvgIpc) is 2.46. The standard InChI is InChI=1S/C14H19NO5S/c15-21(17,18)13-4-1-11(2-5-13)3-6-14(16)20-12-7-9-19-10-8-12/h1-2,4-5,12H,3,6-10H2,(H2,15,17,18). The third-order valence-corrected chi connectivity index (χ3v) is 4.27. The molecule has 1 aliphatic heterocycles. The molecular formula is C14H19NO5S. The third-order valence-electron chi connectivity index (χ3n) is 3.34. The van der Waals surface area contributed by atoms with Crippen LogP contribution in [0.15, 0.2) is 29.2 Å². The predicted octanol–water partition coefficient (Wildman–Crippen LogP) is 0.989. The number of carbonyl (C=O) groups excluding carboxylic acids is 1. The van der Waals surface area contributed by atoms with E-state index in [4.69, 9.17) is 14.6 Å². The molecule has 6 nitrogen and oxygen atoms in total. The molecule has 7 heteroatoms. The van der Waals surface area contributed by atoms with Crippen molar-refractivity contribution in [1.29, 1.82) is 0 Å². The first kappa shape index (κ1) is 15.9. The molecular weight excluding hydrogens is 294 g/mol. The molecule has 1 aliphatic rings. The Kier molecular flexibility index (Phi) is 5.33. The van der Waals surface area contributed by atoms with Crippen molar-refractivity contribution in [3.63, 3.8) is 0 Å². The molecule has 1 aromatic rings. The van der Waals surface area contributed by atoms with E-state index >= 15 is 0 Å². The zero-order valence-corrected chi connectivity index (χ0v) is 12.5. The highest BCUT2D eigenvalue weighted by Gasteiger charge is 2.17. The summed E-state index contributed by atoms with van der Waals surface area (Å²) in [6.45, 7) is 1.26. The number of ether oxygens (including phenoxy) is 2. The van der Waals surface area contributed by atoms with Crippen molar-refractivity contribution in [2.75, 3.05) is 13.2 Å². The van der Waals surface area contributed by atoms with Gasteiger partial charge in [-0.2, -0.15) is 0 Å². The van der Waals surface area contributed by atoms with Crippen molar-refractivity contribution in [1.82, 2.24) is 0 Å². The molecule has 0 unspecified atom stereocenters. The molecule has 0 spiro atoms. The first-order valence-electron chi connectivity index (χ1n) is 6.84. The maximum atomic E-state index is 11.7. The topological polar surface area (TPSA) is 95.7 Å². The van der Waals surface area contributed by atoms with Crippen LogP contribution in [0, 0.1) is 0 Å². The largest absolute Gasteiger partial charge is 0.462 e. The van der Waals surface area contributed by atoms with E-state index in [1.54, 1.807) is 12.1 Å². The van der Waals surface area contributed by atoms with E-state index in [0.29, 0.717) is 19.6 Å². The second kappa shape index (κ2) is 7.02. The Hall–Kier alpha value is -1.44. The number of hydrogen-bond acceptors (Lipinski definition) is 5. The molecule has 1 fully saturated rings. The average molecular weight is 313 g/mol. The smallest absolute Gasteiger partial charge is 0.306 e. The van der Waals surface area contributed by atoms with Crippen molar-refractivity contribution in [3.8, 4) is 0 Å². The second-order valence-corrected chi connectivity index (χ2v) is 6.55. The summed E-state index contributed by atoms with van der Waals surface area (Å²) >= 11 is 0. The number of esters is 1. The SMILES string of the molecule is NS(=O)(=O)c1ccc(CCC(=O)OC2CCOCC2)cc1. The van der Waals surface area contributed by atoms with E-state index in [0.717, 1.165) is 18.4 Å². The number of benzene rings is 1. The fourth-order valence-electron chi connectivity index (χ4n) is 2.13. The second-order valence-electron chi connectivity index (χ2n) is 4.99.